The number of benzene rings is 1. The van der Waals surface area contributed by atoms with E-state index in [0.717, 1.165) is 28.9 Å². The minimum absolute atomic E-state index is 0. The van der Waals surface area contributed by atoms with Crippen molar-refractivity contribution in [1.29, 1.82) is 0 Å². The highest BCUT2D eigenvalue weighted by Crippen LogP contribution is 2.32. The zero-order chi connectivity index (χ0) is 17.3. The van der Waals surface area contributed by atoms with Crippen molar-refractivity contribution >= 4 is 23.4 Å². The Kier molecular flexibility index (Phi) is 6.07. The van der Waals surface area contributed by atoms with Crippen molar-refractivity contribution in [2.45, 2.75) is 40.8 Å². The molecule has 3 aromatic rings. The molecule has 2 heterocycles. The first-order valence-corrected chi connectivity index (χ1v) is 8.29. The third-order valence-corrected chi connectivity index (χ3v) is 4.32. The van der Waals surface area contributed by atoms with Crippen LogP contribution in [0.25, 0.3) is 11.0 Å². The Bertz CT molecular complexity index is 856. The highest BCUT2D eigenvalue weighted by atomic mass is 35.5. The van der Waals surface area contributed by atoms with Crippen molar-refractivity contribution < 1.29 is 9.13 Å². The highest BCUT2D eigenvalue weighted by Gasteiger charge is 2.17. The van der Waals surface area contributed by atoms with Crippen LogP contribution < -0.4 is 4.74 Å². The Hall–Kier alpha value is -2.07. The normalized spacial score (nSPS) is 11.0. The van der Waals surface area contributed by atoms with E-state index in [9.17, 15) is 4.39 Å². The van der Waals surface area contributed by atoms with Crippen molar-refractivity contribution in [3.05, 3.63) is 59.2 Å². The van der Waals surface area contributed by atoms with Gasteiger partial charge in [-0.2, -0.15) is 0 Å². The lowest BCUT2D eigenvalue weighted by atomic mass is 10.2. The molecular formula is C20H24ClFN2O. The Morgan fingerprint density at radius 2 is 1.80 bits per heavy atom. The van der Waals surface area contributed by atoms with Crippen LogP contribution in [-0.4, -0.2) is 9.55 Å². The predicted molar refractivity (Wildman–Crippen MR) is 102 cm³/mol. The lowest BCUT2D eigenvalue weighted by Crippen LogP contribution is -2.07. The standard InChI is InChI=1S/C20H23FN2O.ClH/c1-13(2)11-23-15(4)14(3)19-20(23)18(9-10-22-19)24-12-16-5-7-17(21)8-6-16;/h5-10,13H,11-12H2,1-4H3;1H. The van der Waals surface area contributed by atoms with Gasteiger partial charge in [-0.15, -0.1) is 12.4 Å². The average molecular weight is 363 g/mol. The molecule has 1 aromatic carbocycles. The van der Waals surface area contributed by atoms with E-state index in [2.05, 4.69) is 37.2 Å². The van der Waals surface area contributed by atoms with Crippen molar-refractivity contribution in [3.63, 3.8) is 0 Å². The lowest BCUT2D eigenvalue weighted by molar-refractivity contribution is 0.307. The highest BCUT2D eigenvalue weighted by molar-refractivity contribution is 5.86. The van der Waals surface area contributed by atoms with Crippen molar-refractivity contribution in [3.8, 4) is 5.75 Å². The molecule has 3 rings (SSSR count). The fourth-order valence-corrected chi connectivity index (χ4v) is 2.96. The quantitative estimate of drug-likeness (QED) is 0.603. The number of pyridine rings is 1. The summed E-state index contributed by atoms with van der Waals surface area (Å²) in [6, 6.07) is 8.31. The molecule has 0 aliphatic heterocycles. The number of ether oxygens (including phenoxy) is 1. The Labute approximate surface area is 154 Å². The van der Waals surface area contributed by atoms with Crippen LogP contribution in [0.1, 0.15) is 30.7 Å². The second kappa shape index (κ2) is 7.87. The van der Waals surface area contributed by atoms with Gasteiger partial charge in [-0.05, 0) is 43.0 Å². The number of hydrogen-bond acceptors (Lipinski definition) is 2. The average Bonchev–Trinajstić information content (AvgIpc) is 2.80. The minimum atomic E-state index is -0.234. The molecule has 0 radical (unpaired) electrons. The maximum Gasteiger partial charge on any atom is 0.147 e. The van der Waals surface area contributed by atoms with Crippen molar-refractivity contribution in [1.82, 2.24) is 9.55 Å². The van der Waals surface area contributed by atoms with Gasteiger partial charge in [-0.3, -0.25) is 4.98 Å². The second-order valence-electron chi connectivity index (χ2n) is 6.64. The summed E-state index contributed by atoms with van der Waals surface area (Å²) in [5.74, 6) is 1.12. The van der Waals surface area contributed by atoms with Crippen LogP contribution in [0.5, 0.6) is 5.75 Å². The topological polar surface area (TPSA) is 27.1 Å². The second-order valence-corrected chi connectivity index (χ2v) is 6.64. The van der Waals surface area contributed by atoms with Gasteiger partial charge in [0.1, 0.15) is 23.7 Å². The summed E-state index contributed by atoms with van der Waals surface area (Å²) in [6.07, 6.45) is 1.79. The Morgan fingerprint density at radius 1 is 1.12 bits per heavy atom. The molecule has 25 heavy (non-hydrogen) atoms. The van der Waals surface area contributed by atoms with Crippen LogP contribution in [0, 0.1) is 25.6 Å². The van der Waals surface area contributed by atoms with E-state index < -0.39 is 0 Å². The van der Waals surface area contributed by atoms with Gasteiger partial charge in [0.25, 0.3) is 0 Å². The Morgan fingerprint density at radius 3 is 2.44 bits per heavy atom. The van der Waals surface area contributed by atoms with Gasteiger partial charge in [-0.1, -0.05) is 26.0 Å². The van der Waals surface area contributed by atoms with E-state index in [4.69, 9.17) is 4.74 Å². The zero-order valence-electron chi connectivity index (χ0n) is 15.0. The summed E-state index contributed by atoms with van der Waals surface area (Å²) in [5, 5.41) is 0. The molecule has 0 fully saturated rings. The number of rotatable bonds is 5. The first-order chi connectivity index (χ1) is 11.5. The van der Waals surface area contributed by atoms with Crippen LogP contribution >= 0.6 is 12.4 Å². The van der Waals surface area contributed by atoms with Gasteiger partial charge in [0.05, 0.1) is 5.52 Å². The van der Waals surface area contributed by atoms with Gasteiger partial charge in [0.2, 0.25) is 0 Å². The Balaban J connectivity index is 0.00000225. The summed E-state index contributed by atoms with van der Waals surface area (Å²) < 4.78 is 21.4. The third kappa shape index (κ3) is 3.96. The number of nitrogens with zero attached hydrogens (tertiary/aromatic N) is 2. The lowest BCUT2D eigenvalue weighted by Gasteiger charge is -2.14. The summed E-state index contributed by atoms with van der Waals surface area (Å²) >= 11 is 0. The van der Waals surface area contributed by atoms with Gasteiger partial charge in [0.15, 0.2) is 0 Å². The van der Waals surface area contributed by atoms with E-state index >= 15 is 0 Å². The fraction of sp³-hybridized carbons (Fsp3) is 0.350. The number of aryl methyl sites for hydroxylation is 1. The van der Waals surface area contributed by atoms with E-state index in [1.807, 2.05) is 6.07 Å². The maximum absolute atomic E-state index is 13.0. The monoisotopic (exact) mass is 362 g/mol. The van der Waals surface area contributed by atoms with E-state index in [1.54, 1.807) is 18.3 Å². The largest absolute Gasteiger partial charge is 0.487 e. The molecule has 0 unspecified atom stereocenters. The van der Waals surface area contributed by atoms with E-state index in [0.29, 0.717) is 12.5 Å². The molecule has 5 heteroatoms. The van der Waals surface area contributed by atoms with Crippen molar-refractivity contribution in [2.24, 2.45) is 5.92 Å². The molecule has 3 nitrogen and oxygen atoms in total. The molecule has 0 aliphatic rings. The molecule has 0 saturated carbocycles. The first kappa shape index (κ1) is 19.3. The maximum atomic E-state index is 13.0. The number of fused-ring (bicyclic) bond motifs is 1. The summed E-state index contributed by atoms with van der Waals surface area (Å²) in [5.41, 5.74) is 5.40. The fourth-order valence-electron chi connectivity index (χ4n) is 2.96. The SMILES string of the molecule is Cc1c(C)n(CC(C)C)c2c(OCc3ccc(F)cc3)ccnc12.Cl. The van der Waals surface area contributed by atoms with Crippen LogP contribution in [0.4, 0.5) is 4.39 Å². The molecule has 2 aromatic heterocycles. The molecule has 134 valence electrons. The molecule has 0 atom stereocenters. The minimum Gasteiger partial charge on any atom is -0.487 e. The van der Waals surface area contributed by atoms with Crippen molar-refractivity contribution in [2.75, 3.05) is 0 Å². The summed E-state index contributed by atoms with van der Waals surface area (Å²) in [7, 11) is 0. The number of aromatic nitrogens is 2. The molecule has 0 aliphatic carbocycles. The van der Waals surface area contributed by atoms with Crippen LogP contribution in [-0.2, 0) is 13.2 Å². The molecule has 0 amide bonds. The summed E-state index contributed by atoms with van der Waals surface area (Å²) in [4.78, 5) is 4.55. The van der Waals surface area contributed by atoms with Gasteiger partial charge in [0, 0.05) is 24.5 Å². The van der Waals surface area contributed by atoms with Crippen LogP contribution in [0.3, 0.4) is 0 Å². The number of halogens is 2. The first-order valence-electron chi connectivity index (χ1n) is 8.29. The molecule has 0 N–H and O–H groups in total. The number of hydrogen-bond donors (Lipinski definition) is 0. The molecule has 0 bridgehead atoms. The molecule has 0 saturated heterocycles. The molecular weight excluding hydrogens is 339 g/mol. The van der Waals surface area contributed by atoms with Gasteiger partial charge in [-0.25, -0.2) is 4.39 Å². The van der Waals surface area contributed by atoms with Gasteiger partial charge < -0.3 is 9.30 Å². The van der Waals surface area contributed by atoms with E-state index in [1.165, 1.54) is 23.4 Å². The third-order valence-electron chi connectivity index (χ3n) is 4.32. The van der Waals surface area contributed by atoms with Crippen LogP contribution in [0.15, 0.2) is 36.5 Å². The predicted octanol–water partition coefficient (Wildman–Crippen LogP) is 5.45. The molecule has 0 spiro atoms. The van der Waals surface area contributed by atoms with Crippen LogP contribution in [0.2, 0.25) is 0 Å². The summed E-state index contributed by atoms with van der Waals surface area (Å²) in [6.45, 7) is 9.97. The van der Waals surface area contributed by atoms with E-state index in [-0.39, 0.29) is 18.2 Å². The van der Waals surface area contributed by atoms with Gasteiger partial charge >= 0.3 is 0 Å². The smallest absolute Gasteiger partial charge is 0.147 e. The zero-order valence-corrected chi connectivity index (χ0v) is 15.9.